The Kier molecular flexibility index (Phi) is 10.5. The van der Waals surface area contributed by atoms with Crippen LogP contribution in [0.4, 0.5) is 0 Å². The first-order valence-electron chi connectivity index (χ1n) is 12.4. The van der Waals surface area contributed by atoms with Gasteiger partial charge in [0.15, 0.2) is 18.0 Å². The molecule has 2 aromatic carbocycles. The lowest BCUT2D eigenvalue weighted by molar-refractivity contribution is -0.288. The fourth-order valence-corrected chi connectivity index (χ4v) is 4.00. The molecule has 3 rings (SSSR count). The molecule has 0 bridgehead atoms. The first-order valence-corrected chi connectivity index (χ1v) is 12.4. The Morgan fingerprint density at radius 1 is 0.725 bits per heavy atom. The fourth-order valence-electron chi connectivity index (χ4n) is 4.00. The van der Waals surface area contributed by atoms with Crippen molar-refractivity contribution >= 4 is 35.7 Å². The van der Waals surface area contributed by atoms with Gasteiger partial charge in [-0.1, -0.05) is 48.5 Å². The van der Waals surface area contributed by atoms with Gasteiger partial charge in [-0.15, -0.1) is 0 Å². The molecule has 0 radical (unpaired) electrons. The summed E-state index contributed by atoms with van der Waals surface area (Å²) in [4.78, 5) is 60.1. The van der Waals surface area contributed by atoms with Crippen LogP contribution in [0.15, 0.2) is 60.7 Å². The zero-order valence-electron chi connectivity index (χ0n) is 22.4. The normalized spacial score (nSPS) is 22.1. The third-order valence-corrected chi connectivity index (χ3v) is 5.58. The average Bonchev–Trinajstić information content (AvgIpc) is 2.90. The number of hydrogen-bond donors (Lipinski definition) is 0. The highest BCUT2D eigenvalue weighted by molar-refractivity contribution is 6.06. The van der Waals surface area contributed by atoms with E-state index in [4.69, 9.17) is 28.4 Å². The predicted octanol–water partition coefficient (Wildman–Crippen LogP) is 3.04. The number of ether oxygens (including phenoxy) is 6. The highest BCUT2D eigenvalue weighted by Crippen LogP contribution is 2.32. The van der Waals surface area contributed by atoms with Gasteiger partial charge in [0, 0.05) is 38.8 Å². The van der Waals surface area contributed by atoms with Crippen LogP contribution in [-0.2, 0) is 42.9 Å². The molecule has 0 saturated carbocycles. The van der Waals surface area contributed by atoms with Crippen molar-refractivity contribution in [2.75, 3.05) is 6.61 Å². The Bertz CT molecular complexity index is 1250. The van der Waals surface area contributed by atoms with E-state index >= 15 is 0 Å². The molecule has 1 aliphatic rings. The Balaban J connectivity index is 1.97. The molecule has 40 heavy (non-hydrogen) atoms. The highest BCUT2D eigenvalue weighted by Gasteiger charge is 2.53. The van der Waals surface area contributed by atoms with Crippen LogP contribution in [0.3, 0.4) is 0 Å². The molecule has 0 aromatic heterocycles. The summed E-state index contributed by atoms with van der Waals surface area (Å²) in [6, 6.07) is 15.4. The van der Waals surface area contributed by atoms with Crippen molar-refractivity contribution in [2.24, 2.45) is 0 Å². The van der Waals surface area contributed by atoms with Crippen LogP contribution in [0, 0.1) is 0 Å². The largest absolute Gasteiger partial charge is 0.463 e. The lowest BCUT2D eigenvalue weighted by Crippen LogP contribution is -2.63. The van der Waals surface area contributed by atoms with Gasteiger partial charge in [-0.05, 0) is 18.2 Å². The number of allylic oxidation sites excluding steroid dienone is 1. The van der Waals surface area contributed by atoms with Crippen LogP contribution >= 0.6 is 0 Å². The predicted molar refractivity (Wildman–Crippen MR) is 139 cm³/mol. The number of carbonyl (C=O) groups excluding carboxylic acids is 5. The first-order chi connectivity index (χ1) is 19.0. The molecule has 0 spiro atoms. The Morgan fingerprint density at radius 2 is 1.30 bits per heavy atom. The third kappa shape index (κ3) is 8.50. The fraction of sp³-hybridized carbons (Fsp3) is 0.345. The van der Waals surface area contributed by atoms with Crippen LogP contribution < -0.4 is 4.74 Å². The number of carbonyl (C=O) groups is 5. The molecule has 1 heterocycles. The standard InChI is InChI=1S/C29H30O11/c1-17(30)35-16-25-26(36-18(2)31)27(37-19(3)32)28(38-20(4)33)29(40-25)39-24-13-9-8-12-22(24)14-15-23(34)21-10-6-5-7-11-21/h5-15,25-29H,16H2,1-4H3/b15-14+/t25-,26-,27+,28-,29-/m1/s1. The van der Waals surface area contributed by atoms with Crippen LogP contribution in [0.5, 0.6) is 5.75 Å². The van der Waals surface area contributed by atoms with Crippen molar-refractivity contribution in [3.05, 3.63) is 71.8 Å². The Labute approximate surface area is 230 Å². The molecule has 0 N–H and O–H groups in total. The molecular weight excluding hydrogens is 524 g/mol. The maximum absolute atomic E-state index is 12.6. The number of ketones is 1. The molecule has 11 heteroatoms. The molecule has 11 nitrogen and oxygen atoms in total. The number of para-hydroxylation sites is 1. The maximum atomic E-state index is 12.6. The van der Waals surface area contributed by atoms with E-state index in [1.807, 2.05) is 0 Å². The zero-order valence-corrected chi connectivity index (χ0v) is 22.4. The molecule has 2 aromatic rings. The summed E-state index contributed by atoms with van der Waals surface area (Å²) >= 11 is 0. The molecule has 1 fully saturated rings. The summed E-state index contributed by atoms with van der Waals surface area (Å²) in [7, 11) is 0. The number of benzene rings is 2. The topological polar surface area (TPSA) is 141 Å². The van der Waals surface area contributed by atoms with Crippen molar-refractivity contribution < 1.29 is 52.4 Å². The lowest BCUT2D eigenvalue weighted by atomic mass is 9.98. The molecule has 212 valence electrons. The van der Waals surface area contributed by atoms with Crippen molar-refractivity contribution in [3.63, 3.8) is 0 Å². The molecular formula is C29H30O11. The smallest absolute Gasteiger partial charge is 0.303 e. The number of hydrogen-bond acceptors (Lipinski definition) is 11. The highest BCUT2D eigenvalue weighted by atomic mass is 16.7. The summed E-state index contributed by atoms with van der Waals surface area (Å²) in [5, 5.41) is 0. The van der Waals surface area contributed by atoms with E-state index in [2.05, 4.69) is 0 Å². The molecule has 0 unspecified atom stereocenters. The number of rotatable bonds is 10. The second kappa shape index (κ2) is 14.0. The van der Waals surface area contributed by atoms with Crippen molar-refractivity contribution in [3.8, 4) is 5.75 Å². The lowest BCUT2D eigenvalue weighted by Gasteiger charge is -2.44. The van der Waals surface area contributed by atoms with Gasteiger partial charge in [-0.2, -0.15) is 0 Å². The van der Waals surface area contributed by atoms with E-state index in [-0.39, 0.29) is 18.1 Å². The molecule has 0 aliphatic carbocycles. The van der Waals surface area contributed by atoms with Gasteiger partial charge < -0.3 is 28.4 Å². The Morgan fingerprint density at radius 3 is 1.93 bits per heavy atom. The van der Waals surface area contributed by atoms with Crippen molar-refractivity contribution in [1.82, 2.24) is 0 Å². The summed E-state index contributed by atoms with van der Waals surface area (Å²) < 4.78 is 33.4. The molecule has 1 saturated heterocycles. The van der Waals surface area contributed by atoms with E-state index in [1.54, 1.807) is 60.7 Å². The quantitative estimate of drug-likeness (QED) is 0.185. The maximum Gasteiger partial charge on any atom is 0.303 e. The van der Waals surface area contributed by atoms with Crippen LogP contribution in [0.2, 0.25) is 0 Å². The molecule has 0 amide bonds. The van der Waals surface area contributed by atoms with Gasteiger partial charge in [0.1, 0.15) is 18.5 Å². The minimum atomic E-state index is -1.40. The summed E-state index contributed by atoms with van der Waals surface area (Å²) in [6.07, 6.45) is -3.69. The zero-order chi connectivity index (χ0) is 29.2. The second-order valence-electron chi connectivity index (χ2n) is 8.79. The van der Waals surface area contributed by atoms with Gasteiger partial charge in [0.05, 0.1) is 0 Å². The number of esters is 4. The molecule has 1 aliphatic heterocycles. The minimum absolute atomic E-state index is 0.234. The van der Waals surface area contributed by atoms with E-state index < -0.39 is 54.6 Å². The van der Waals surface area contributed by atoms with E-state index in [0.29, 0.717) is 11.1 Å². The van der Waals surface area contributed by atoms with E-state index in [0.717, 1.165) is 20.8 Å². The monoisotopic (exact) mass is 554 g/mol. The summed E-state index contributed by atoms with van der Waals surface area (Å²) in [6.45, 7) is 4.20. The van der Waals surface area contributed by atoms with Crippen LogP contribution in [0.1, 0.15) is 43.6 Å². The Hall–Kier alpha value is -4.51. The molecule has 5 atom stereocenters. The van der Waals surface area contributed by atoms with Crippen molar-refractivity contribution in [1.29, 1.82) is 0 Å². The summed E-state index contributed by atoms with van der Waals surface area (Å²) in [5.41, 5.74) is 0.983. The summed E-state index contributed by atoms with van der Waals surface area (Å²) in [5.74, 6) is -2.87. The first kappa shape index (κ1) is 30.0. The van der Waals surface area contributed by atoms with Crippen LogP contribution in [-0.4, -0.2) is 67.0 Å². The van der Waals surface area contributed by atoms with Crippen molar-refractivity contribution in [2.45, 2.75) is 58.4 Å². The van der Waals surface area contributed by atoms with Crippen LogP contribution in [0.25, 0.3) is 6.08 Å². The third-order valence-electron chi connectivity index (χ3n) is 5.58. The van der Waals surface area contributed by atoms with Gasteiger partial charge in [-0.25, -0.2) is 0 Å². The second-order valence-corrected chi connectivity index (χ2v) is 8.79. The van der Waals surface area contributed by atoms with Gasteiger partial charge in [0.2, 0.25) is 12.4 Å². The minimum Gasteiger partial charge on any atom is -0.463 e. The SMILES string of the molecule is CC(=O)OC[C@H]1O[C@@H](Oc2ccccc2/C=C/C(=O)c2ccccc2)[C@H](OC(C)=O)[C@@H](OC(C)=O)[C@@H]1OC(C)=O. The van der Waals surface area contributed by atoms with Gasteiger partial charge in [0.25, 0.3) is 0 Å². The van der Waals surface area contributed by atoms with E-state index in [1.165, 1.54) is 13.0 Å². The van der Waals surface area contributed by atoms with E-state index in [9.17, 15) is 24.0 Å². The van der Waals surface area contributed by atoms with Gasteiger partial charge >= 0.3 is 23.9 Å². The van der Waals surface area contributed by atoms with Gasteiger partial charge in [-0.3, -0.25) is 24.0 Å². The average molecular weight is 555 g/mol.